The number of hydrogen-bond acceptors (Lipinski definition) is 1. The molecule has 2 nitrogen and oxygen atoms in total. The zero-order valence-corrected chi connectivity index (χ0v) is 13.9. The van der Waals surface area contributed by atoms with E-state index in [4.69, 9.17) is 16.3 Å². The molecular formula is C18H22ClNO. The van der Waals surface area contributed by atoms with E-state index in [0.717, 1.165) is 22.9 Å². The van der Waals surface area contributed by atoms with Gasteiger partial charge in [-0.2, -0.15) is 0 Å². The van der Waals surface area contributed by atoms with Crippen LogP contribution in [0.15, 0.2) is 47.9 Å². The van der Waals surface area contributed by atoms with Crippen molar-refractivity contribution in [1.82, 2.24) is 4.57 Å². The minimum Gasteiger partial charge on any atom is -0.491 e. The van der Waals surface area contributed by atoms with Crippen molar-refractivity contribution in [2.24, 2.45) is 0 Å². The van der Waals surface area contributed by atoms with Crippen LogP contribution in [0.2, 0.25) is 5.02 Å². The molecule has 1 heterocycles. The lowest BCUT2D eigenvalue weighted by Gasteiger charge is -2.15. The topological polar surface area (TPSA) is 14.2 Å². The molecule has 0 aliphatic heterocycles. The van der Waals surface area contributed by atoms with Crippen LogP contribution >= 0.6 is 11.6 Å². The smallest absolute Gasteiger partial charge is 0.115 e. The number of nitrogens with zero attached hydrogens (tertiary/aromatic N) is 1. The van der Waals surface area contributed by atoms with E-state index in [9.17, 15) is 0 Å². The molecule has 0 aliphatic carbocycles. The number of aryl methyl sites for hydroxylation is 1. The van der Waals surface area contributed by atoms with Crippen LogP contribution in [0.3, 0.4) is 0 Å². The Bertz CT molecular complexity index is 634. The standard InChI is InChI=1S/C18H22ClNO/c1-13(2)18(11-20-10-9-14(3)15(20)4)21-12-16-5-7-17(19)8-6-16/h5-10H,11-12H2,1-4H3. The Hall–Kier alpha value is -1.67. The van der Waals surface area contributed by atoms with Crippen molar-refractivity contribution in [1.29, 1.82) is 0 Å². The second kappa shape index (κ2) is 6.86. The van der Waals surface area contributed by atoms with Crippen molar-refractivity contribution >= 4 is 11.6 Å². The lowest BCUT2D eigenvalue weighted by Crippen LogP contribution is -2.07. The molecule has 0 radical (unpaired) electrons. The van der Waals surface area contributed by atoms with Gasteiger partial charge >= 0.3 is 0 Å². The van der Waals surface area contributed by atoms with Crippen molar-refractivity contribution in [2.75, 3.05) is 0 Å². The summed E-state index contributed by atoms with van der Waals surface area (Å²) in [7, 11) is 0. The van der Waals surface area contributed by atoms with E-state index >= 15 is 0 Å². The molecule has 0 fully saturated rings. The zero-order valence-electron chi connectivity index (χ0n) is 13.1. The van der Waals surface area contributed by atoms with Crippen LogP contribution < -0.4 is 0 Å². The highest BCUT2D eigenvalue weighted by atomic mass is 35.5. The highest BCUT2D eigenvalue weighted by Crippen LogP contribution is 2.17. The molecule has 1 aromatic heterocycles. The fourth-order valence-electron chi connectivity index (χ4n) is 2.09. The van der Waals surface area contributed by atoms with Crippen LogP contribution in [-0.4, -0.2) is 4.57 Å². The van der Waals surface area contributed by atoms with E-state index < -0.39 is 0 Å². The van der Waals surface area contributed by atoms with Crippen molar-refractivity contribution < 1.29 is 4.74 Å². The molecule has 0 saturated heterocycles. The first-order valence-electron chi connectivity index (χ1n) is 7.13. The van der Waals surface area contributed by atoms with Crippen LogP contribution in [0.5, 0.6) is 0 Å². The Morgan fingerprint density at radius 3 is 2.29 bits per heavy atom. The number of benzene rings is 1. The van der Waals surface area contributed by atoms with Gasteiger partial charge in [0.15, 0.2) is 0 Å². The predicted octanol–water partition coefficient (Wildman–Crippen LogP) is 5.27. The van der Waals surface area contributed by atoms with Crippen LogP contribution in [-0.2, 0) is 17.9 Å². The Labute approximate surface area is 132 Å². The maximum atomic E-state index is 6.01. The highest BCUT2D eigenvalue weighted by molar-refractivity contribution is 6.30. The molecule has 112 valence electrons. The van der Waals surface area contributed by atoms with Crippen LogP contribution in [0.1, 0.15) is 30.7 Å². The molecule has 0 amide bonds. The van der Waals surface area contributed by atoms with Crippen molar-refractivity contribution in [3.05, 3.63) is 69.7 Å². The molecule has 0 saturated carbocycles. The van der Waals surface area contributed by atoms with Crippen LogP contribution in [0.4, 0.5) is 0 Å². The largest absolute Gasteiger partial charge is 0.491 e. The molecule has 0 aliphatic rings. The van der Waals surface area contributed by atoms with Gasteiger partial charge in [0.2, 0.25) is 0 Å². The molecule has 0 unspecified atom stereocenters. The zero-order chi connectivity index (χ0) is 15.4. The quantitative estimate of drug-likeness (QED) is 0.686. The van der Waals surface area contributed by atoms with Gasteiger partial charge < -0.3 is 9.30 Å². The fourth-order valence-corrected chi connectivity index (χ4v) is 2.21. The summed E-state index contributed by atoms with van der Waals surface area (Å²) in [6.07, 6.45) is 2.11. The van der Waals surface area contributed by atoms with E-state index in [1.165, 1.54) is 16.8 Å². The summed E-state index contributed by atoms with van der Waals surface area (Å²) in [4.78, 5) is 0. The first-order valence-corrected chi connectivity index (χ1v) is 7.51. The van der Waals surface area contributed by atoms with E-state index in [-0.39, 0.29) is 0 Å². The first kappa shape index (κ1) is 15.7. The molecule has 0 spiro atoms. The van der Waals surface area contributed by atoms with Gasteiger partial charge in [0.25, 0.3) is 0 Å². The van der Waals surface area contributed by atoms with Gasteiger partial charge in [0.1, 0.15) is 12.4 Å². The lowest BCUT2D eigenvalue weighted by molar-refractivity contribution is 0.180. The van der Waals surface area contributed by atoms with Gasteiger partial charge in [-0.3, -0.25) is 0 Å². The minimum absolute atomic E-state index is 0.566. The molecule has 0 N–H and O–H groups in total. The molecule has 21 heavy (non-hydrogen) atoms. The third kappa shape index (κ3) is 4.15. The summed E-state index contributed by atoms with van der Waals surface area (Å²) < 4.78 is 8.24. The second-order valence-corrected chi connectivity index (χ2v) is 5.99. The summed E-state index contributed by atoms with van der Waals surface area (Å²) >= 11 is 5.90. The number of allylic oxidation sites excluding steroid dienone is 2. The summed E-state index contributed by atoms with van der Waals surface area (Å²) in [6, 6.07) is 9.91. The summed E-state index contributed by atoms with van der Waals surface area (Å²) in [5.74, 6) is 1.02. The lowest BCUT2D eigenvalue weighted by atomic mass is 10.2. The van der Waals surface area contributed by atoms with E-state index in [1.807, 2.05) is 24.3 Å². The maximum absolute atomic E-state index is 6.01. The van der Waals surface area contributed by atoms with E-state index in [0.29, 0.717) is 6.61 Å². The van der Waals surface area contributed by atoms with E-state index in [2.05, 4.69) is 44.5 Å². The Balaban J connectivity index is 2.05. The number of hydrogen-bond donors (Lipinski definition) is 0. The Kier molecular flexibility index (Phi) is 5.13. The monoisotopic (exact) mass is 303 g/mol. The van der Waals surface area contributed by atoms with Gasteiger partial charge in [-0.25, -0.2) is 0 Å². The minimum atomic E-state index is 0.566. The van der Waals surface area contributed by atoms with E-state index in [1.54, 1.807) is 0 Å². The normalized spacial score (nSPS) is 10.5. The number of halogens is 1. The van der Waals surface area contributed by atoms with Crippen molar-refractivity contribution in [2.45, 2.75) is 40.8 Å². The average Bonchev–Trinajstić information content (AvgIpc) is 2.76. The van der Waals surface area contributed by atoms with Gasteiger partial charge in [0, 0.05) is 16.9 Å². The molecule has 3 heteroatoms. The number of ether oxygens (including phenoxy) is 1. The molecule has 2 aromatic rings. The predicted molar refractivity (Wildman–Crippen MR) is 88.5 cm³/mol. The Morgan fingerprint density at radius 2 is 1.76 bits per heavy atom. The third-order valence-electron chi connectivity index (χ3n) is 3.70. The maximum Gasteiger partial charge on any atom is 0.115 e. The molecule has 1 aromatic carbocycles. The summed E-state index contributed by atoms with van der Waals surface area (Å²) in [5.41, 5.74) is 4.91. The van der Waals surface area contributed by atoms with Gasteiger partial charge in [-0.15, -0.1) is 0 Å². The average molecular weight is 304 g/mol. The third-order valence-corrected chi connectivity index (χ3v) is 3.96. The highest BCUT2D eigenvalue weighted by Gasteiger charge is 2.07. The summed E-state index contributed by atoms with van der Waals surface area (Å²) in [6.45, 7) is 9.78. The van der Waals surface area contributed by atoms with Crippen LogP contribution in [0, 0.1) is 13.8 Å². The molecule has 0 atom stereocenters. The fraction of sp³-hybridized carbons (Fsp3) is 0.333. The Morgan fingerprint density at radius 1 is 1.10 bits per heavy atom. The van der Waals surface area contributed by atoms with Gasteiger partial charge in [-0.05, 0) is 62.6 Å². The number of rotatable bonds is 5. The number of aromatic nitrogens is 1. The molecule has 2 rings (SSSR count). The second-order valence-electron chi connectivity index (χ2n) is 5.55. The SMILES string of the molecule is CC(C)=C(Cn1ccc(C)c1C)OCc1ccc(Cl)cc1. The summed E-state index contributed by atoms with van der Waals surface area (Å²) in [5, 5.41) is 0.750. The van der Waals surface area contributed by atoms with Crippen molar-refractivity contribution in [3.63, 3.8) is 0 Å². The molecule has 0 bridgehead atoms. The van der Waals surface area contributed by atoms with Crippen molar-refractivity contribution in [3.8, 4) is 0 Å². The molecular weight excluding hydrogens is 282 g/mol. The van der Waals surface area contributed by atoms with Crippen LogP contribution in [0.25, 0.3) is 0 Å². The van der Waals surface area contributed by atoms with Gasteiger partial charge in [-0.1, -0.05) is 23.7 Å². The van der Waals surface area contributed by atoms with Gasteiger partial charge in [0.05, 0.1) is 6.54 Å². The first-order chi connectivity index (χ1) is 9.97.